The van der Waals surface area contributed by atoms with Gasteiger partial charge in [0.15, 0.2) is 0 Å². The normalized spacial score (nSPS) is 9.65. The molecule has 1 aromatic carbocycles. The molecule has 17 heavy (non-hydrogen) atoms. The lowest BCUT2D eigenvalue weighted by Gasteiger charge is -2.08. The van der Waals surface area contributed by atoms with Crippen LogP contribution in [0.15, 0.2) is 24.3 Å². The third-order valence-electron chi connectivity index (χ3n) is 2.09. The van der Waals surface area contributed by atoms with Crippen molar-refractivity contribution in [3.05, 3.63) is 35.4 Å². The summed E-state index contributed by atoms with van der Waals surface area (Å²) in [7, 11) is 0. The molecule has 90 valence electrons. The second kappa shape index (κ2) is 6.75. The van der Waals surface area contributed by atoms with Crippen molar-refractivity contribution in [2.75, 3.05) is 0 Å². The van der Waals surface area contributed by atoms with Gasteiger partial charge < -0.3 is 4.74 Å². The molecule has 0 aromatic heterocycles. The molecule has 0 heterocycles. The molecule has 0 spiro atoms. The fraction of sp³-hybridized carbons (Fsp3) is 0.400. The van der Waals surface area contributed by atoms with Gasteiger partial charge in [-0.05, 0) is 32.4 Å². The van der Waals surface area contributed by atoms with Gasteiger partial charge in [0.05, 0.1) is 11.7 Å². The number of carbonyl (C=O) groups excluding carboxylic acids is 1. The molecule has 0 fully saturated rings. The summed E-state index contributed by atoms with van der Waals surface area (Å²) in [5.74, 6) is 5.76. The molecule has 2 nitrogen and oxygen atoms in total. The number of rotatable bonds is 3. The summed E-state index contributed by atoms with van der Waals surface area (Å²) in [5, 5.41) is 0. The largest absolute Gasteiger partial charge is 0.459 e. The first kappa shape index (κ1) is 13.3. The van der Waals surface area contributed by atoms with Crippen LogP contribution >= 0.6 is 0 Å². The van der Waals surface area contributed by atoms with Gasteiger partial charge in [0.1, 0.15) is 0 Å². The van der Waals surface area contributed by atoms with E-state index in [4.69, 9.17) is 4.74 Å². The molecule has 0 aliphatic carbocycles. The molecular formula is C15H18O2. The van der Waals surface area contributed by atoms with Crippen LogP contribution in [-0.2, 0) is 4.74 Å². The van der Waals surface area contributed by atoms with E-state index in [1.54, 1.807) is 6.07 Å². The molecule has 0 radical (unpaired) electrons. The number of hydrogen-bond acceptors (Lipinski definition) is 2. The molecule has 0 bridgehead atoms. The lowest BCUT2D eigenvalue weighted by atomic mass is 10.1. The van der Waals surface area contributed by atoms with Gasteiger partial charge in [-0.15, -0.1) is 0 Å². The molecule has 0 N–H and O–H groups in total. The van der Waals surface area contributed by atoms with E-state index in [9.17, 15) is 4.79 Å². The summed E-state index contributed by atoms with van der Waals surface area (Å²) >= 11 is 0. The van der Waals surface area contributed by atoms with Crippen molar-refractivity contribution in [1.82, 2.24) is 0 Å². The quantitative estimate of drug-likeness (QED) is 0.587. The lowest BCUT2D eigenvalue weighted by molar-refractivity contribution is 0.0377. The van der Waals surface area contributed by atoms with Crippen LogP contribution in [0.1, 0.15) is 49.5 Å². The van der Waals surface area contributed by atoms with Crippen molar-refractivity contribution in [1.29, 1.82) is 0 Å². The summed E-state index contributed by atoms with van der Waals surface area (Å²) in [6, 6.07) is 7.30. The molecule has 0 atom stereocenters. The maximum Gasteiger partial charge on any atom is 0.339 e. The minimum absolute atomic E-state index is 0.112. The van der Waals surface area contributed by atoms with Crippen molar-refractivity contribution in [3.63, 3.8) is 0 Å². The topological polar surface area (TPSA) is 26.3 Å². The monoisotopic (exact) mass is 230 g/mol. The number of ether oxygens (including phenoxy) is 1. The van der Waals surface area contributed by atoms with Crippen LogP contribution in [0, 0.1) is 11.8 Å². The zero-order chi connectivity index (χ0) is 12.7. The van der Waals surface area contributed by atoms with E-state index in [1.165, 1.54) is 0 Å². The number of carbonyl (C=O) groups is 1. The molecule has 1 rings (SSSR count). The Hall–Kier alpha value is -1.75. The average Bonchev–Trinajstić information content (AvgIpc) is 2.29. The van der Waals surface area contributed by atoms with E-state index in [0.717, 1.165) is 18.4 Å². The summed E-state index contributed by atoms with van der Waals surface area (Å²) < 4.78 is 5.18. The van der Waals surface area contributed by atoms with Crippen LogP contribution in [-0.4, -0.2) is 12.1 Å². The maximum atomic E-state index is 11.8. The van der Waals surface area contributed by atoms with E-state index in [2.05, 4.69) is 18.8 Å². The van der Waals surface area contributed by atoms with Crippen molar-refractivity contribution in [3.8, 4) is 11.8 Å². The predicted molar refractivity (Wildman–Crippen MR) is 68.8 cm³/mol. The third-order valence-corrected chi connectivity index (χ3v) is 2.09. The van der Waals surface area contributed by atoms with Gasteiger partial charge in [-0.25, -0.2) is 4.79 Å². The Morgan fingerprint density at radius 3 is 2.71 bits per heavy atom. The Kier molecular flexibility index (Phi) is 5.29. The molecule has 0 unspecified atom stereocenters. The first-order chi connectivity index (χ1) is 8.15. The van der Waals surface area contributed by atoms with Crippen molar-refractivity contribution in [2.45, 2.75) is 39.7 Å². The molecule has 0 aliphatic heterocycles. The summed E-state index contributed by atoms with van der Waals surface area (Å²) in [6.07, 6.45) is 1.75. The molecular weight excluding hydrogens is 212 g/mol. The Balaban J connectivity index is 2.92. The van der Waals surface area contributed by atoms with Crippen LogP contribution in [0.5, 0.6) is 0 Å². The van der Waals surface area contributed by atoms with Gasteiger partial charge in [-0.1, -0.05) is 30.9 Å². The average molecular weight is 230 g/mol. The molecule has 0 saturated heterocycles. The molecule has 2 heteroatoms. The smallest absolute Gasteiger partial charge is 0.339 e. The first-order valence-electron chi connectivity index (χ1n) is 5.94. The number of esters is 1. The number of hydrogen-bond donors (Lipinski definition) is 0. The highest BCUT2D eigenvalue weighted by Crippen LogP contribution is 2.10. The van der Waals surface area contributed by atoms with E-state index >= 15 is 0 Å². The van der Waals surface area contributed by atoms with E-state index in [-0.39, 0.29) is 12.1 Å². The highest BCUT2D eigenvalue weighted by Gasteiger charge is 2.12. The van der Waals surface area contributed by atoms with Crippen molar-refractivity contribution < 1.29 is 9.53 Å². The summed E-state index contributed by atoms with van der Waals surface area (Å²) in [5.41, 5.74) is 1.29. The fourth-order valence-electron chi connectivity index (χ4n) is 1.33. The lowest BCUT2D eigenvalue weighted by Crippen LogP contribution is -2.12. The Morgan fingerprint density at radius 1 is 1.35 bits per heavy atom. The van der Waals surface area contributed by atoms with E-state index < -0.39 is 0 Å². The highest BCUT2D eigenvalue weighted by molar-refractivity contribution is 5.92. The van der Waals surface area contributed by atoms with Gasteiger partial charge in [0, 0.05) is 12.0 Å². The first-order valence-corrected chi connectivity index (χ1v) is 5.94. The van der Waals surface area contributed by atoms with Crippen LogP contribution < -0.4 is 0 Å². The van der Waals surface area contributed by atoms with Crippen LogP contribution in [0.25, 0.3) is 0 Å². The molecule has 0 aliphatic rings. The van der Waals surface area contributed by atoms with Gasteiger partial charge in [-0.3, -0.25) is 0 Å². The molecule has 0 saturated carbocycles. The van der Waals surface area contributed by atoms with Gasteiger partial charge in [0.2, 0.25) is 0 Å². The third kappa shape index (κ3) is 4.32. The van der Waals surface area contributed by atoms with Crippen LogP contribution in [0.2, 0.25) is 0 Å². The van der Waals surface area contributed by atoms with Gasteiger partial charge in [0.25, 0.3) is 0 Å². The van der Waals surface area contributed by atoms with Crippen molar-refractivity contribution in [2.24, 2.45) is 0 Å². The fourth-order valence-corrected chi connectivity index (χ4v) is 1.33. The Morgan fingerprint density at radius 2 is 2.06 bits per heavy atom. The van der Waals surface area contributed by atoms with Gasteiger partial charge >= 0.3 is 5.97 Å². The highest BCUT2D eigenvalue weighted by atomic mass is 16.5. The minimum atomic E-state index is -0.304. The van der Waals surface area contributed by atoms with Crippen molar-refractivity contribution >= 4 is 5.97 Å². The second-order valence-corrected chi connectivity index (χ2v) is 4.05. The SMILES string of the molecule is CCCC#Cc1ccccc1C(=O)OC(C)C. The summed E-state index contributed by atoms with van der Waals surface area (Å²) in [4.78, 5) is 11.8. The zero-order valence-electron chi connectivity index (χ0n) is 10.6. The minimum Gasteiger partial charge on any atom is -0.459 e. The Labute approximate surface area is 103 Å². The maximum absolute atomic E-state index is 11.8. The van der Waals surface area contributed by atoms with Gasteiger partial charge in [-0.2, -0.15) is 0 Å². The predicted octanol–water partition coefficient (Wildman–Crippen LogP) is 3.40. The standard InChI is InChI=1S/C15H18O2/c1-4-5-6-9-13-10-7-8-11-14(13)15(16)17-12(2)3/h7-8,10-12H,4-5H2,1-3H3. The second-order valence-electron chi connectivity index (χ2n) is 4.05. The molecule has 0 amide bonds. The van der Waals surface area contributed by atoms with E-state index in [1.807, 2.05) is 32.0 Å². The Bertz CT molecular complexity index is 436. The van der Waals surface area contributed by atoms with Crippen LogP contribution in [0.4, 0.5) is 0 Å². The number of unbranched alkanes of at least 4 members (excludes halogenated alkanes) is 1. The van der Waals surface area contributed by atoms with E-state index in [0.29, 0.717) is 5.56 Å². The summed E-state index contributed by atoms with van der Waals surface area (Å²) in [6.45, 7) is 5.75. The molecule has 1 aromatic rings. The van der Waals surface area contributed by atoms with Crippen LogP contribution in [0.3, 0.4) is 0 Å². The number of benzene rings is 1. The zero-order valence-corrected chi connectivity index (χ0v) is 10.6.